The van der Waals surface area contributed by atoms with E-state index < -0.39 is 0 Å². The van der Waals surface area contributed by atoms with Crippen molar-refractivity contribution < 1.29 is 4.79 Å². The summed E-state index contributed by atoms with van der Waals surface area (Å²) in [7, 11) is 2.09. The number of benzene rings is 1. The number of hydrogen-bond acceptors (Lipinski definition) is 3. The van der Waals surface area contributed by atoms with E-state index in [-0.39, 0.29) is 5.91 Å². The molecule has 1 amide bonds. The zero-order chi connectivity index (χ0) is 15.7. The van der Waals surface area contributed by atoms with Gasteiger partial charge < -0.3 is 10.2 Å². The summed E-state index contributed by atoms with van der Waals surface area (Å²) < 4.78 is 0. The Morgan fingerprint density at radius 1 is 1.27 bits per heavy atom. The van der Waals surface area contributed by atoms with Crippen molar-refractivity contribution in [3.63, 3.8) is 0 Å². The molecule has 1 aliphatic heterocycles. The molecule has 0 unspecified atom stereocenters. The molecule has 2 aromatic rings. The first-order chi connectivity index (χ1) is 10.5. The van der Waals surface area contributed by atoms with E-state index in [2.05, 4.69) is 28.3 Å². The smallest absolute Gasteiger partial charge is 0.257 e. The molecular formula is C18H21N3O. The number of carbonyl (C=O) groups excluding carboxylic acids is 1. The summed E-state index contributed by atoms with van der Waals surface area (Å²) in [5.74, 6) is -0.0687. The van der Waals surface area contributed by atoms with Gasteiger partial charge >= 0.3 is 0 Å². The van der Waals surface area contributed by atoms with Crippen molar-refractivity contribution in [1.82, 2.24) is 9.88 Å². The van der Waals surface area contributed by atoms with Gasteiger partial charge in [0, 0.05) is 31.2 Å². The highest BCUT2D eigenvalue weighted by atomic mass is 16.1. The van der Waals surface area contributed by atoms with Gasteiger partial charge in [0.25, 0.3) is 5.91 Å². The van der Waals surface area contributed by atoms with E-state index >= 15 is 0 Å². The quantitative estimate of drug-likeness (QED) is 0.926. The molecule has 0 saturated heterocycles. The summed E-state index contributed by atoms with van der Waals surface area (Å²) in [6, 6.07) is 6.04. The Hall–Kier alpha value is -2.20. The van der Waals surface area contributed by atoms with E-state index in [1.807, 2.05) is 32.2 Å². The van der Waals surface area contributed by atoms with Gasteiger partial charge in [-0.15, -0.1) is 0 Å². The predicted molar refractivity (Wildman–Crippen MR) is 88.1 cm³/mol. The van der Waals surface area contributed by atoms with Crippen LogP contribution in [-0.2, 0) is 13.0 Å². The van der Waals surface area contributed by atoms with Gasteiger partial charge in [0.1, 0.15) is 0 Å². The molecule has 0 radical (unpaired) electrons. The summed E-state index contributed by atoms with van der Waals surface area (Å²) in [6.07, 6.45) is 4.45. The van der Waals surface area contributed by atoms with Gasteiger partial charge in [0.05, 0.1) is 5.56 Å². The maximum absolute atomic E-state index is 12.6. The van der Waals surface area contributed by atoms with Gasteiger partial charge in [0.2, 0.25) is 0 Å². The molecule has 0 aliphatic carbocycles. The number of carbonyl (C=O) groups is 1. The number of nitrogens with zero attached hydrogens (tertiary/aromatic N) is 2. The monoisotopic (exact) mass is 295 g/mol. The van der Waals surface area contributed by atoms with E-state index in [0.29, 0.717) is 5.56 Å². The Bertz CT molecular complexity index is 724. The van der Waals surface area contributed by atoms with Crippen molar-refractivity contribution in [2.75, 3.05) is 18.9 Å². The Balaban J connectivity index is 1.88. The molecule has 4 heteroatoms. The second kappa shape index (κ2) is 5.89. The standard InChI is InChI=1S/C18H21N3O/c1-12-4-5-17(13(2)8-12)20-18(22)16-10-19-9-14-11-21(3)7-6-15(14)16/h4-5,8-10H,6-7,11H2,1-3H3,(H,20,22). The average Bonchev–Trinajstić information content (AvgIpc) is 2.49. The first kappa shape index (κ1) is 14.7. The summed E-state index contributed by atoms with van der Waals surface area (Å²) in [5.41, 5.74) is 6.12. The van der Waals surface area contributed by atoms with Crippen LogP contribution in [0.1, 0.15) is 32.6 Å². The minimum atomic E-state index is -0.0687. The number of anilines is 1. The van der Waals surface area contributed by atoms with E-state index in [9.17, 15) is 4.79 Å². The lowest BCUT2D eigenvalue weighted by Gasteiger charge is -2.26. The zero-order valence-corrected chi connectivity index (χ0v) is 13.3. The van der Waals surface area contributed by atoms with Gasteiger partial charge in [-0.3, -0.25) is 9.78 Å². The van der Waals surface area contributed by atoms with E-state index in [4.69, 9.17) is 0 Å². The van der Waals surface area contributed by atoms with Crippen LogP contribution in [0, 0.1) is 13.8 Å². The van der Waals surface area contributed by atoms with Crippen molar-refractivity contribution in [1.29, 1.82) is 0 Å². The van der Waals surface area contributed by atoms with E-state index in [1.165, 1.54) is 5.56 Å². The summed E-state index contributed by atoms with van der Waals surface area (Å²) in [4.78, 5) is 19.1. The summed E-state index contributed by atoms with van der Waals surface area (Å²) >= 11 is 0. The van der Waals surface area contributed by atoms with Crippen LogP contribution in [0.5, 0.6) is 0 Å². The van der Waals surface area contributed by atoms with Crippen LogP contribution in [0.4, 0.5) is 5.69 Å². The average molecular weight is 295 g/mol. The van der Waals surface area contributed by atoms with Crippen molar-refractivity contribution in [3.05, 3.63) is 58.4 Å². The van der Waals surface area contributed by atoms with Crippen LogP contribution >= 0.6 is 0 Å². The Morgan fingerprint density at radius 3 is 2.86 bits per heavy atom. The van der Waals surface area contributed by atoms with E-state index in [0.717, 1.165) is 41.9 Å². The van der Waals surface area contributed by atoms with Gasteiger partial charge in [-0.25, -0.2) is 0 Å². The largest absolute Gasteiger partial charge is 0.322 e. The summed E-state index contributed by atoms with van der Waals surface area (Å²) in [6.45, 7) is 5.89. The fraction of sp³-hybridized carbons (Fsp3) is 0.333. The minimum absolute atomic E-state index is 0.0687. The molecule has 2 heterocycles. The number of nitrogens with one attached hydrogen (secondary N) is 1. The van der Waals surface area contributed by atoms with Crippen LogP contribution in [0.25, 0.3) is 0 Å². The molecule has 0 atom stereocenters. The van der Waals surface area contributed by atoms with Gasteiger partial charge in [-0.2, -0.15) is 0 Å². The first-order valence-corrected chi connectivity index (χ1v) is 7.57. The van der Waals surface area contributed by atoms with Crippen LogP contribution in [-0.4, -0.2) is 29.4 Å². The fourth-order valence-electron chi connectivity index (χ4n) is 2.97. The normalized spacial score (nSPS) is 14.5. The third-order valence-electron chi connectivity index (χ3n) is 4.21. The number of hydrogen-bond donors (Lipinski definition) is 1. The first-order valence-electron chi connectivity index (χ1n) is 7.57. The van der Waals surface area contributed by atoms with Crippen LogP contribution in [0.2, 0.25) is 0 Å². The van der Waals surface area contributed by atoms with Crippen LogP contribution < -0.4 is 5.32 Å². The third kappa shape index (κ3) is 2.88. The predicted octanol–water partition coefficient (Wildman–Crippen LogP) is 2.94. The lowest BCUT2D eigenvalue weighted by Crippen LogP contribution is -2.29. The van der Waals surface area contributed by atoms with Gasteiger partial charge in [-0.1, -0.05) is 17.7 Å². The zero-order valence-electron chi connectivity index (χ0n) is 13.3. The molecule has 4 nitrogen and oxygen atoms in total. The molecule has 3 rings (SSSR count). The van der Waals surface area contributed by atoms with Crippen molar-refractivity contribution in [3.8, 4) is 0 Å². The van der Waals surface area contributed by atoms with Crippen molar-refractivity contribution in [2.45, 2.75) is 26.8 Å². The lowest BCUT2D eigenvalue weighted by atomic mass is 9.97. The lowest BCUT2D eigenvalue weighted by molar-refractivity contribution is 0.102. The highest BCUT2D eigenvalue weighted by Gasteiger charge is 2.20. The maximum Gasteiger partial charge on any atom is 0.257 e. The van der Waals surface area contributed by atoms with Crippen LogP contribution in [0.15, 0.2) is 30.6 Å². The number of aryl methyl sites for hydroxylation is 2. The molecule has 0 saturated carbocycles. The molecule has 1 aromatic carbocycles. The number of fused-ring (bicyclic) bond motifs is 1. The summed E-state index contributed by atoms with van der Waals surface area (Å²) in [5, 5.41) is 3.02. The van der Waals surface area contributed by atoms with Crippen LogP contribution in [0.3, 0.4) is 0 Å². The third-order valence-corrected chi connectivity index (χ3v) is 4.21. The maximum atomic E-state index is 12.6. The molecule has 0 bridgehead atoms. The molecule has 1 aliphatic rings. The number of likely N-dealkylation sites (N-methyl/N-ethyl adjacent to an activating group) is 1. The molecular weight excluding hydrogens is 274 g/mol. The number of amides is 1. The van der Waals surface area contributed by atoms with Crippen molar-refractivity contribution in [2.24, 2.45) is 0 Å². The van der Waals surface area contributed by atoms with Gasteiger partial charge in [0.15, 0.2) is 0 Å². The second-order valence-electron chi connectivity index (χ2n) is 6.09. The molecule has 1 aromatic heterocycles. The molecule has 1 N–H and O–H groups in total. The second-order valence-corrected chi connectivity index (χ2v) is 6.09. The topological polar surface area (TPSA) is 45.2 Å². The molecule has 114 valence electrons. The molecule has 0 spiro atoms. The van der Waals surface area contributed by atoms with Crippen molar-refractivity contribution >= 4 is 11.6 Å². The number of rotatable bonds is 2. The SMILES string of the molecule is Cc1ccc(NC(=O)c2cncc3c2CCN(C)C3)c(C)c1. The fourth-order valence-corrected chi connectivity index (χ4v) is 2.97. The number of pyridine rings is 1. The Kier molecular flexibility index (Phi) is 3.94. The Morgan fingerprint density at radius 2 is 2.09 bits per heavy atom. The molecule has 22 heavy (non-hydrogen) atoms. The van der Waals surface area contributed by atoms with Gasteiger partial charge in [-0.05, 0) is 50.1 Å². The highest BCUT2D eigenvalue weighted by molar-refractivity contribution is 6.05. The molecule has 0 fully saturated rings. The Labute approximate surface area is 131 Å². The minimum Gasteiger partial charge on any atom is -0.322 e. The number of aromatic nitrogens is 1. The van der Waals surface area contributed by atoms with E-state index in [1.54, 1.807) is 6.20 Å². The highest BCUT2D eigenvalue weighted by Crippen LogP contribution is 2.23.